The predicted octanol–water partition coefficient (Wildman–Crippen LogP) is -0.731. The van der Waals surface area contributed by atoms with Crippen LogP contribution in [0.1, 0.15) is 12.8 Å². The number of hydrogen-bond donors (Lipinski definition) is 4. The lowest BCUT2D eigenvalue weighted by Crippen LogP contribution is -2.43. The molecule has 0 spiro atoms. The number of halogens is 1. The fraction of sp³-hybridized carbons (Fsp3) is 0.667. The molecular weight excluding hydrogens is 198 g/mol. The summed E-state index contributed by atoms with van der Waals surface area (Å²) in [7, 11) is 0. The van der Waals surface area contributed by atoms with E-state index >= 15 is 0 Å². The number of hydrogen-bond acceptors (Lipinski definition) is 3. The van der Waals surface area contributed by atoms with Gasteiger partial charge < -0.3 is 21.9 Å². The molecule has 7 heteroatoms. The summed E-state index contributed by atoms with van der Waals surface area (Å²) < 4.78 is 0. The lowest BCUT2D eigenvalue weighted by Gasteiger charge is -2.11. The first-order chi connectivity index (χ1) is 5.57. The van der Waals surface area contributed by atoms with Crippen molar-refractivity contribution in [3.8, 4) is 0 Å². The molecule has 78 valence electrons. The van der Waals surface area contributed by atoms with Gasteiger partial charge >= 0.3 is 12.0 Å². The van der Waals surface area contributed by atoms with Gasteiger partial charge in [0.05, 0.1) is 0 Å². The second-order valence-corrected chi connectivity index (χ2v) is 2.33. The molecule has 2 amide bonds. The number of carbonyl (C=O) groups excluding carboxylic acids is 1. The highest BCUT2D eigenvalue weighted by Crippen LogP contribution is 1.95. The molecule has 0 aliphatic rings. The summed E-state index contributed by atoms with van der Waals surface area (Å²) >= 11 is 0. The van der Waals surface area contributed by atoms with Crippen LogP contribution in [0.5, 0.6) is 0 Å². The molecular formula is C6H14ClN3O3. The Bertz CT molecular complexity index is 177. The summed E-state index contributed by atoms with van der Waals surface area (Å²) in [4.78, 5) is 20.7. The Morgan fingerprint density at radius 1 is 1.46 bits per heavy atom. The van der Waals surface area contributed by atoms with Crippen molar-refractivity contribution in [3.63, 3.8) is 0 Å². The molecule has 0 bridgehead atoms. The van der Waals surface area contributed by atoms with Crippen molar-refractivity contribution in [2.75, 3.05) is 6.54 Å². The van der Waals surface area contributed by atoms with E-state index in [1.165, 1.54) is 0 Å². The summed E-state index contributed by atoms with van der Waals surface area (Å²) in [5, 5.41) is 10.6. The van der Waals surface area contributed by atoms with E-state index in [1.54, 1.807) is 0 Å². The number of amides is 2. The molecule has 0 aromatic carbocycles. The minimum absolute atomic E-state index is 0. The molecule has 0 rings (SSSR count). The van der Waals surface area contributed by atoms with Crippen LogP contribution in [0, 0.1) is 0 Å². The maximum absolute atomic E-state index is 10.4. The predicted molar refractivity (Wildman–Crippen MR) is 49.7 cm³/mol. The van der Waals surface area contributed by atoms with Crippen LogP contribution in [0.15, 0.2) is 0 Å². The standard InChI is InChI=1S/C6H13N3O3.ClH/c7-3-1-2-4(5(10)11)9-6(8)12;/h4H,1-3,7H2,(H,10,11)(H3,8,9,12);1H/t4-;/m0./s1. The van der Waals surface area contributed by atoms with E-state index in [0.29, 0.717) is 19.4 Å². The molecule has 0 saturated heterocycles. The third-order valence-corrected chi connectivity index (χ3v) is 1.31. The zero-order chi connectivity index (χ0) is 9.56. The van der Waals surface area contributed by atoms with Crippen molar-refractivity contribution in [1.29, 1.82) is 0 Å². The second-order valence-electron chi connectivity index (χ2n) is 2.33. The van der Waals surface area contributed by atoms with Gasteiger partial charge in [-0.15, -0.1) is 12.4 Å². The van der Waals surface area contributed by atoms with Crippen molar-refractivity contribution in [1.82, 2.24) is 5.32 Å². The second kappa shape index (κ2) is 7.63. The topological polar surface area (TPSA) is 118 Å². The number of nitrogens with two attached hydrogens (primary N) is 2. The van der Waals surface area contributed by atoms with E-state index in [0.717, 1.165) is 0 Å². The van der Waals surface area contributed by atoms with E-state index in [2.05, 4.69) is 5.32 Å². The van der Waals surface area contributed by atoms with E-state index < -0.39 is 18.0 Å². The van der Waals surface area contributed by atoms with Crippen LogP contribution in [0.2, 0.25) is 0 Å². The minimum Gasteiger partial charge on any atom is -0.480 e. The molecule has 0 aliphatic heterocycles. The van der Waals surface area contributed by atoms with Gasteiger partial charge in [0.25, 0.3) is 0 Å². The Labute approximate surface area is 82.1 Å². The molecule has 6 N–H and O–H groups in total. The number of urea groups is 1. The number of primary amides is 1. The van der Waals surface area contributed by atoms with E-state index in [4.69, 9.17) is 16.6 Å². The Hall–Kier alpha value is -1.01. The highest BCUT2D eigenvalue weighted by atomic mass is 35.5. The Balaban J connectivity index is 0. The van der Waals surface area contributed by atoms with Crippen molar-refractivity contribution in [2.24, 2.45) is 11.5 Å². The Morgan fingerprint density at radius 2 is 2.00 bits per heavy atom. The minimum atomic E-state index is -1.10. The third-order valence-electron chi connectivity index (χ3n) is 1.31. The van der Waals surface area contributed by atoms with E-state index in [9.17, 15) is 9.59 Å². The quantitative estimate of drug-likeness (QED) is 0.479. The van der Waals surface area contributed by atoms with E-state index in [-0.39, 0.29) is 12.4 Å². The first kappa shape index (κ1) is 14.5. The Morgan fingerprint density at radius 3 is 2.31 bits per heavy atom. The van der Waals surface area contributed by atoms with Gasteiger partial charge in [-0.05, 0) is 19.4 Å². The summed E-state index contributed by atoms with van der Waals surface area (Å²) in [6.07, 6.45) is 0.839. The largest absolute Gasteiger partial charge is 0.480 e. The van der Waals surface area contributed by atoms with Crippen LogP contribution < -0.4 is 16.8 Å². The van der Waals surface area contributed by atoms with Gasteiger partial charge in [0.15, 0.2) is 0 Å². The zero-order valence-corrected chi connectivity index (χ0v) is 7.84. The molecule has 0 aromatic heterocycles. The van der Waals surface area contributed by atoms with Crippen molar-refractivity contribution >= 4 is 24.4 Å². The van der Waals surface area contributed by atoms with Gasteiger partial charge in [-0.25, -0.2) is 9.59 Å². The third kappa shape index (κ3) is 7.35. The first-order valence-electron chi connectivity index (χ1n) is 3.56. The molecule has 1 atom stereocenters. The number of rotatable bonds is 5. The summed E-state index contributed by atoms with van der Waals surface area (Å²) in [6, 6.07) is -1.76. The number of carboxylic acid groups (broad SMARTS) is 1. The lowest BCUT2D eigenvalue weighted by molar-refractivity contribution is -0.139. The normalized spacial score (nSPS) is 11.2. The SMILES string of the molecule is Cl.NCCC[C@H](NC(N)=O)C(=O)O. The monoisotopic (exact) mass is 211 g/mol. The smallest absolute Gasteiger partial charge is 0.326 e. The number of nitrogens with one attached hydrogen (secondary N) is 1. The van der Waals surface area contributed by atoms with Gasteiger partial charge in [-0.1, -0.05) is 0 Å². The molecule has 0 aromatic rings. The molecule has 13 heavy (non-hydrogen) atoms. The molecule has 0 heterocycles. The van der Waals surface area contributed by atoms with Crippen LogP contribution >= 0.6 is 12.4 Å². The van der Waals surface area contributed by atoms with Crippen molar-refractivity contribution in [3.05, 3.63) is 0 Å². The van der Waals surface area contributed by atoms with Crippen LogP contribution in [0.25, 0.3) is 0 Å². The fourth-order valence-electron chi connectivity index (χ4n) is 0.751. The van der Waals surface area contributed by atoms with Crippen molar-refractivity contribution in [2.45, 2.75) is 18.9 Å². The van der Waals surface area contributed by atoms with Crippen LogP contribution in [0.4, 0.5) is 4.79 Å². The zero-order valence-electron chi connectivity index (χ0n) is 7.03. The van der Waals surface area contributed by atoms with Gasteiger partial charge in [0.1, 0.15) is 6.04 Å². The van der Waals surface area contributed by atoms with Gasteiger partial charge in [-0.2, -0.15) is 0 Å². The maximum Gasteiger partial charge on any atom is 0.326 e. The maximum atomic E-state index is 10.4. The summed E-state index contributed by atoms with van der Waals surface area (Å²) in [6.45, 7) is 0.393. The van der Waals surface area contributed by atoms with Crippen LogP contribution in [-0.2, 0) is 4.79 Å². The average Bonchev–Trinajstić information content (AvgIpc) is 1.96. The highest BCUT2D eigenvalue weighted by Gasteiger charge is 2.17. The van der Waals surface area contributed by atoms with Gasteiger partial charge in [-0.3, -0.25) is 0 Å². The average molecular weight is 212 g/mol. The number of carbonyl (C=O) groups is 2. The number of carboxylic acids is 1. The first-order valence-corrected chi connectivity index (χ1v) is 3.56. The van der Waals surface area contributed by atoms with Crippen molar-refractivity contribution < 1.29 is 14.7 Å². The summed E-state index contributed by atoms with van der Waals surface area (Å²) in [5.74, 6) is -1.10. The molecule has 0 unspecified atom stereocenters. The number of aliphatic carboxylic acids is 1. The molecule has 6 nitrogen and oxygen atoms in total. The Kier molecular flexibility index (Phi) is 8.52. The van der Waals surface area contributed by atoms with Gasteiger partial charge in [0.2, 0.25) is 0 Å². The van der Waals surface area contributed by atoms with Crippen LogP contribution in [0.3, 0.4) is 0 Å². The molecule has 0 radical (unpaired) electrons. The van der Waals surface area contributed by atoms with Gasteiger partial charge in [0, 0.05) is 0 Å². The summed E-state index contributed by atoms with van der Waals surface area (Å²) in [5.41, 5.74) is 9.93. The fourth-order valence-corrected chi connectivity index (χ4v) is 0.751. The molecule has 0 saturated carbocycles. The lowest BCUT2D eigenvalue weighted by atomic mass is 10.1. The molecule has 0 aliphatic carbocycles. The van der Waals surface area contributed by atoms with Crippen LogP contribution in [-0.4, -0.2) is 29.7 Å². The van der Waals surface area contributed by atoms with E-state index in [1.807, 2.05) is 0 Å². The molecule has 0 fully saturated rings. The highest BCUT2D eigenvalue weighted by molar-refractivity contribution is 5.85.